The van der Waals surface area contributed by atoms with Crippen LogP contribution < -0.4 is 20.7 Å². The van der Waals surface area contributed by atoms with Gasteiger partial charge in [-0.25, -0.2) is 4.99 Å². The zero-order chi connectivity index (χ0) is 23.3. The molecule has 1 amide bonds. The molecule has 0 aliphatic carbocycles. The molecule has 7 nitrogen and oxygen atoms in total. The number of aromatic nitrogens is 1. The molecule has 0 unspecified atom stereocenters. The number of pyridine rings is 1. The number of ether oxygens (including phenoxy) is 1. The summed E-state index contributed by atoms with van der Waals surface area (Å²) in [4.78, 5) is 20.7. The van der Waals surface area contributed by atoms with Gasteiger partial charge in [-0.15, -0.1) is 24.0 Å². The van der Waals surface area contributed by atoms with Crippen LogP contribution >= 0.6 is 24.0 Å². The molecule has 0 radical (unpaired) electrons. The van der Waals surface area contributed by atoms with Crippen LogP contribution in [0.2, 0.25) is 0 Å². The molecule has 3 rings (SSSR count). The number of nitrogens with zero attached hydrogens (tertiary/aromatic N) is 2. The van der Waals surface area contributed by atoms with Crippen LogP contribution in [-0.2, 0) is 19.6 Å². The minimum absolute atomic E-state index is 0. The molecule has 0 bridgehead atoms. The van der Waals surface area contributed by atoms with E-state index in [4.69, 9.17) is 4.74 Å². The van der Waals surface area contributed by atoms with Crippen LogP contribution in [0.4, 0.5) is 0 Å². The summed E-state index contributed by atoms with van der Waals surface area (Å²) in [5.74, 6) is 1.49. The monoisotopic (exact) mass is 573 g/mol. The predicted octanol–water partition coefficient (Wildman–Crippen LogP) is 3.94. The lowest BCUT2D eigenvalue weighted by Gasteiger charge is -2.12. The number of hydrogen-bond acceptors (Lipinski definition) is 4. The van der Waals surface area contributed by atoms with Crippen molar-refractivity contribution >= 4 is 35.8 Å². The molecule has 0 fully saturated rings. The third-order valence-electron chi connectivity index (χ3n) is 4.92. The summed E-state index contributed by atoms with van der Waals surface area (Å²) >= 11 is 0. The van der Waals surface area contributed by atoms with Crippen molar-refractivity contribution < 1.29 is 9.53 Å². The van der Waals surface area contributed by atoms with Gasteiger partial charge in [0.15, 0.2) is 5.96 Å². The minimum atomic E-state index is -0.0761. The van der Waals surface area contributed by atoms with Gasteiger partial charge in [-0.2, -0.15) is 0 Å². The molecular formula is C26H32IN5O2. The van der Waals surface area contributed by atoms with Crippen molar-refractivity contribution in [1.29, 1.82) is 0 Å². The van der Waals surface area contributed by atoms with E-state index in [1.54, 1.807) is 13.2 Å². The molecule has 2 aromatic carbocycles. The Morgan fingerprint density at radius 2 is 1.82 bits per heavy atom. The molecule has 0 saturated carbocycles. The first-order valence-electron chi connectivity index (χ1n) is 11.1. The number of nitrogens with one attached hydrogen (secondary N) is 3. The molecule has 3 aromatic rings. The Kier molecular flexibility index (Phi) is 11.9. The smallest absolute Gasteiger partial charge is 0.251 e. The van der Waals surface area contributed by atoms with Crippen LogP contribution in [-0.4, -0.2) is 37.0 Å². The lowest BCUT2D eigenvalue weighted by molar-refractivity contribution is 0.0963. The van der Waals surface area contributed by atoms with Gasteiger partial charge in [0.05, 0.1) is 12.2 Å². The number of amides is 1. The van der Waals surface area contributed by atoms with Crippen LogP contribution in [0.25, 0.3) is 0 Å². The minimum Gasteiger partial charge on any atom is -0.487 e. The fraction of sp³-hybridized carbons (Fsp3) is 0.269. The van der Waals surface area contributed by atoms with Gasteiger partial charge in [0, 0.05) is 31.9 Å². The van der Waals surface area contributed by atoms with E-state index in [1.807, 2.05) is 73.7 Å². The molecule has 1 aromatic heterocycles. The summed E-state index contributed by atoms with van der Waals surface area (Å²) in [7, 11) is 1.64. The van der Waals surface area contributed by atoms with Gasteiger partial charge in [0.25, 0.3) is 5.91 Å². The second kappa shape index (κ2) is 14.9. The Morgan fingerprint density at radius 1 is 1.00 bits per heavy atom. The van der Waals surface area contributed by atoms with E-state index >= 15 is 0 Å². The Labute approximate surface area is 218 Å². The molecule has 8 heteroatoms. The fourth-order valence-electron chi connectivity index (χ4n) is 3.18. The first-order chi connectivity index (χ1) is 16.2. The number of rotatable bonds is 10. The summed E-state index contributed by atoms with van der Waals surface area (Å²) in [6.07, 6.45) is 2.55. The van der Waals surface area contributed by atoms with Gasteiger partial charge in [0.1, 0.15) is 12.4 Å². The number of carbonyl (C=O) groups is 1. The Bertz CT molecular complexity index is 1040. The molecular weight excluding hydrogens is 541 g/mol. The highest BCUT2D eigenvalue weighted by atomic mass is 127. The Balaban J connectivity index is 0.00000408. The maximum atomic E-state index is 11.8. The van der Waals surface area contributed by atoms with Crippen molar-refractivity contribution in [3.8, 4) is 5.75 Å². The van der Waals surface area contributed by atoms with E-state index in [0.29, 0.717) is 25.3 Å². The Morgan fingerprint density at radius 3 is 2.53 bits per heavy atom. The van der Waals surface area contributed by atoms with Crippen molar-refractivity contribution in [2.75, 3.05) is 20.1 Å². The van der Waals surface area contributed by atoms with Gasteiger partial charge in [-0.3, -0.25) is 9.78 Å². The predicted molar refractivity (Wildman–Crippen MR) is 147 cm³/mol. The molecule has 34 heavy (non-hydrogen) atoms. The van der Waals surface area contributed by atoms with E-state index in [2.05, 4.69) is 25.9 Å². The average Bonchev–Trinajstić information content (AvgIpc) is 2.87. The number of carbonyl (C=O) groups excluding carboxylic acids is 1. The molecule has 180 valence electrons. The van der Waals surface area contributed by atoms with Gasteiger partial charge in [-0.05, 0) is 60.9 Å². The van der Waals surface area contributed by atoms with E-state index in [-0.39, 0.29) is 29.9 Å². The summed E-state index contributed by atoms with van der Waals surface area (Å²) < 4.78 is 5.79. The first-order valence-corrected chi connectivity index (χ1v) is 11.1. The van der Waals surface area contributed by atoms with Crippen molar-refractivity contribution in [3.63, 3.8) is 0 Å². The molecule has 0 saturated heterocycles. The third-order valence-corrected chi connectivity index (χ3v) is 4.92. The van der Waals surface area contributed by atoms with Gasteiger partial charge >= 0.3 is 0 Å². The zero-order valence-corrected chi connectivity index (χ0v) is 21.9. The SMILES string of the molecule is CCNC(=NCc1ccc(OCc2ccccn2)cc1)NCCc1cccc(C(=O)NC)c1.I. The van der Waals surface area contributed by atoms with E-state index in [1.165, 1.54) is 0 Å². The number of benzene rings is 2. The summed E-state index contributed by atoms with van der Waals surface area (Å²) in [5, 5.41) is 9.28. The van der Waals surface area contributed by atoms with Crippen LogP contribution in [0.3, 0.4) is 0 Å². The Hall–Kier alpha value is -3.14. The molecule has 0 aliphatic heterocycles. The maximum absolute atomic E-state index is 11.8. The van der Waals surface area contributed by atoms with Crippen molar-refractivity contribution in [3.05, 3.63) is 95.3 Å². The highest BCUT2D eigenvalue weighted by Crippen LogP contribution is 2.14. The van der Waals surface area contributed by atoms with Gasteiger partial charge < -0.3 is 20.7 Å². The summed E-state index contributed by atoms with van der Waals surface area (Å²) in [6, 6.07) is 21.4. The standard InChI is InChI=1S/C26H31N5O2.HI/c1-3-28-26(30-16-14-20-7-6-8-22(17-20)25(32)27-2)31-18-21-10-12-24(13-11-21)33-19-23-9-4-5-15-29-23;/h4-13,15,17H,3,14,16,18-19H2,1-2H3,(H,27,32)(H2,28,30,31);1H. The highest BCUT2D eigenvalue weighted by Gasteiger charge is 2.04. The fourth-order valence-corrected chi connectivity index (χ4v) is 3.18. The van der Waals surface area contributed by atoms with Crippen molar-refractivity contribution in [2.45, 2.75) is 26.5 Å². The normalized spacial score (nSPS) is 10.7. The van der Waals surface area contributed by atoms with E-state index < -0.39 is 0 Å². The molecule has 1 heterocycles. The third kappa shape index (κ3) is 9.01. The summed E-state index contributed by atoms with van der Waals surface area (Å²) in [5.41, 5.74) is 3.76. The van der Waals surface area contributed by atoms with Crippen LogP contribution in [0.15, 0.2) is 77.9 Å². The van der Waals surface area contributed by atoms with Gasteiger partial charge in [0.2, 0.25) is 0 Å². The van der Waals surface area contributed by atoms with Crippen LogP contribution in [0, 0.1) is 0 Å². The lowest BCUT2D eigenvalue weighted by atomic mass is 10.1. The van der Waals surface area contributed by atoms with Gasteiger partial charge in [-0.1, -0.05) is 30.3 Å². The molecule has 3 N–H and O–H groups in total. The number of aliphatic imine (C=N–C) groups is 1. The molecule has 0 spiro atoms. The summed E-state index contributed by atoms with van der Waals surface area (Å²) in [6.45, 7) is 4.53. The van der Waals surface area contributed by atoms with E-state index in [9.17, 15) is 4.79 Å². The maximum Gasteiger partial charge on any atom is 0.251 e. The molecule has 0 aliphatic rings. The second-order valence-electron chi connectivity index (χ2n) is 7.41. The largest absolute Gasteiger partial charge is 0.487 e. The van der Waals surface area contributed by atoms with Crippen LogP contribution in [0.5, 0.6) is 5.75 Å². The van der Waals surface area contributed by atoms with Crippen molar-refractivity contribution in [2.24, 2.45) is 4.99 Å². The number of guanidine groups is 1. The second-order valence-corrected chi connectivity index (χ2v) is 7.41. The molecule has 0 atom stereocenters. The average molecular weight is 573 g/mol. The lowest BCUT2D eigenvalue weighted by Crippen LogP contribution is -2.38. The zero-order valence-electron chi connectivity index (χ0n) is 19.6. The van der Waals surface area contributed by atoms with E-state index in [0.717, 1.165) is 41.5 Å². The first kappa shape index (κ1) is 27.1. The van der Waals surface area contributed by atoms with Crippen molar-refractivity contribution in [1.82, 2.24) is 20.9 Å². The number of halogens is 1. The number of hydrogen-bond donors (Lipinski definition) is 3. The topological polar surface area (TPSA) is 87.6 Å². The highest BCUT2D eigenvalue weighted by molar-refractivity contribution is 14.0. The quantitative estimate of drug-likeness (QED) is 0.194. The van der Waals surface area contributed by atoms with Crippen LogP contribution in [0.1, 0.15) is 34.1 Å².